The van der Waals surface area contributed by atoms with Crippen LogP contribution < -0.4 is 5.43 Å². The first-order valence-electron chi connectivity index (χ1n) is 2.83. The van der Waals surface area contributed by atoms with E-state index >= 15 is 0 Å². The van der Waals surface area contributed by atoms with Crippen molar-refractivity contribution in [2.45, 2.75) is 0 Å². The van der Waals surface area contributed by atoms with E-state index in [4.69, 9.17) is 5.26 Å². The lowest BCUT2D eigenvalue weighted by atomic mass is 10.3. The van der Waals surface area contributed by atoms with Crippen molar-refractivity contribution in [3.8, 4) is 6.07 Å². The van der Waals surface area contributed by atoms with E-state index in [0.717, 1.165) is 0 Å². The van der Waals surface area contributed by atoms with Gasteiger partial charge < -0.3 is 0 Å². The highest BCUT2D eigenvalue weighted by atomic mass is 16.1. The van der Waals surface area contributed by atoms with Crippen LogP contribution in [0.15, 0.2) is 35.1 Å². The lowest BCUT2D eigenvalue weighted by Crippen LogP contribution is -1.87. The van der Waals surface area contributed by atoms with Crippen LogP contribution in [0.5, 0.6) is 0 Å². The number of nitrogens with zero attached hydrogens (tertiary/aromatic N) is 1. The third-order valence-corrected chi connectivity index (χ3v) is 1.09. The van der Waals surface area contributed by atoms with Crippen molar-refractivity contribution >= 4 is 0 Å². The van der Waals surface area contributed by atoms with Gasteiger partial charge in [-0.2, -0.15) is 5.26 Å². The molecule has 0 saturated heterocycles. The van der Waals surface area contributed by atoms with Gasteiger partial charge in [0.15, 0.2) is 5.43 Å². The van der Waals surface area contributed by atoms with Crippen molar-refractivity contribution in [2.75, 3.05) is 0 Å². The van der Waals surface area contributed by atoms with Crippen LogP contribution in [0.3, 0.4) is 0 Å². The Bertz CT molecular complexity index is 325. The second-order valence-electron chi connectivity index (χ2n) is 1.83. The third kappa shape index (κ3) is 1.43. The van der Waals surface area contributed by atoms with E-state index in [1.165, 1.54) is 18.2 Å². The van der Waals surface area contributed by atoms with Crippen LogP contribution in [0.25, 0.3) is 0 Å². The normalized spacial score (nSPS) is 8.30. The fourth-order valence-electron chi connectivity index (χ4n) is 0.604. The van der Waals surface area contributed by atoms with Gasteiger partial charge in [0.25, 0.3) is 0 Å². The van der Waals surface area contributed by atoms with Crippen molar-refractivity contribution in [2.24, 2.45) is 0 Å². The monoisotopic (exact) mass is 131 g/mol. The molecule has 0 aliphatic rings. The molecule has 0 aliphatic heterocycles. The predicted octanol–water partition coefficient (Wildman–Crippen LogP) is 0.918. The van der Waals surface area contributed by atoms with Crippen molar-refractivity contribution in [3.63, 3.8) is 0 Å². The Labute approximate surface area is 58.4 Å². The molecule has 0 radical (unpaired) electrons. The van der Waals surface area contributed by atoms with Gasteiger partial charge in [-0.1, -0.05) is 6.07 Å². The number of nitriles is 1. The maximum absolute atomic E-state index is 10.6. The second-order valence-corrected chi connectivity index (χ2v) is 1.83. The first kappa shape index (κ1) is 6.50. The van der Waals surface area contributed by atoms with Gasteiger partial charge in [0.1, 0.15) is 0 Å². The number of hydrogen-bond acceptors (Lipinski definition) is 2. The minimum atomic E-state index is -0.0819. The van der Waals surface area contributed by atoms with Crippen molar-refractivity contribution in [1.29, 1.82) is 5.26 Å². The molecule has 0 aliphatic carbocycles. The van der Waals surface area contributed by atoms with E-state index in [0.29, 0.717) is 5.56 Å². The maximum Gasteiger partial charge on any atom is 0.178 e. The molecule has 0 bridgehead atoms. The Morgan fingerprint density at radius 2 is 2.00 bits per heavy atom. The largest absolute Gasteiger partial charge is 0.290 e. The third-order valence-electron chi connectivity index (χ3n) is 1.09. The van der Waals surface area contributed by atoms with Crippen LogP contribution >= 0.6 is 0 Å². The van der Waals surface area contributed by atoms with Gasteiger partial charge in [-0.15, -0.1) is 0 Å². The van der Waals surface area contributed by atoms with E-state index in [9.17, 15) is 4.79 Å². The standard InChI is InChI=1S/C8H5NO/c9-6-7-2-1-3-8(10)5-4-7/h1-5H. The van der Waals surface area contributed by atoms with Crippen LogP contribution in [-0.2, 0) is 0 Å². The molecule has 0 atom stereocenters. The molecule has 1 rings (SSSR count). The minimum Gasteiger partial charge on any atom is -0.290 e. The highest BCUT2D eigenvalue weighted by molar-refractivity contribution is 5.26. The average Bonchev–Trinajstić information content (AvgIpc) is 2.14. The van der Waals surface area contributed by atoms with E-state index < -0.39 is 0 Å². The minimum absolute atomic E-state index is 0.0819. The summed E-state index contributed by atoms with van der Waals surface area (Å²) in [6.45, 7) is 0. The first-order chi connectivity index (χ1) is 4.83. The summed E-state index contributed by atoms with van der Waals surface area (Å²) in [4.78, 5) is 10.6. The van der Waals surface area contributed by atoms with Gasteiger partial charge >= 0.3 is 0 Å². The van der Waals surface area contributed by atoms with Gasteiger partial charge in [-0.3, -0.25) is 4.79 Å². The van der Waals surface area contributed by atoms with Crippen LogP contribution in [0.2, 0.25) is 0 Å². The summed E-state index contributed by atoms with van der Waals surface area (Å²) in [5.41, 5.74) is 0.420. The lowest BCUT2D eigenvalue weighted by Gasteiger charge is -1.70. The van der Waals surface area contributed by atoms with Gasteiger partial charge in [-0.25, -0.2) is 0 Å². The molecular formula is C8H5NO. The fraction of sp³-hybridized carbons (Fsp3) is 0. The molecule has 2 heteroatoms. The van der Waals surface area contributed by atoms with Crippen molar-refractivity contribution in [1.82, 2.24) is 0 Å². The molecule has 0 unspecified atom stereocenters. The SMILES string of the molecule is N#Cc1cccc(=O)cc1. The Kier molecular flexibility index (Phi) is 1.81. The van der Waals surface area contributed by atoms with Crippen molar-refractivity contribution in [3.05, 3.63) is 46.1 Å². The van der Waals surface area contributed by atoms with E-state index in [2.05, 4.69) is 0 Å². The number of rotatable bonds is 0. The van der Waals surface area contributed by atoms with Gasteiger partial charge in [0.05, 0.1) is 11.6 Å². The zero-order valence-electron chi connectivity index (χ0n) is 5.24. The average molecular weight is 131 g/mol. The maximum atomic E-state index is 10.6. The topological polar surface area (TPSA) is 40.9 Å². The number of hydrogen-bond donors (Lipinski definition) is 0. The van der Waals surface area contributed by atoms with E-state index in [-0.39, 0.29) is 5.43 Å². The molecule has 1 aromatic carbocycles. The molecule has 0 heterocycles. The summed E-state index contributed by atoms with van der Waals surface area (Å²) < 4.78 is 0. The Hall–Kier alpha value is -1.62. The zero-order chi connectivity index (χ0) is 7.40. The van der Waals surface area contributed by atoms with Crippen LogP contribution in [-0.4, -0.2) is 0 Å². The Balaban J connectivity index is 3.33. The molecule has 0 fully saturated rings. The quantitative estimate of drug-likeness (QED) is 0.525. The smallest absolute Gasteiger partial charge is 0.178 e. The lowest BCUT2D eigenvalue weighted by molar-refractivity contribution is 1.50. The summed E-state index contributed by atoms with van der Waals surface area (Å²) in [7, 11) is 0. The van der Waals surface area contributed by atoms with Crippen molar-refractivity contribution < 1.29 is 0 Å². The molecule has 48 valence electrons. The summed E-state index contributed by atoms with van der Waals surface area (Å²) in [6, 6.07) is 9.40. The zero-order valence-corrected chi connectivity index (χ0v) is 5.24. The molecule has 2 nitrogen and oxygen atoms in total. The summed E-state index contributed by atoms with van der Waals surface area (Å²) >= 11 is 0. The highest BCUT2D eigenvalue weighted by Gasteiger charge is 1.82. The molecule has 0 spiro atoms. The summed E-state index contributed by atoms with van der Waals surface area (Å²) in [6.07, 6.45) is 0. The summed E-state index contributed by atoms with van der Waals surface area (Å²) in [5, 5.41) is 8.39. The molecular weight excluding hydrogens is 126 g/mol. The van der Waals surface area contributed by atoms with Gasteiger partial charge in [0, 0.05) is 0 Å². The molecule has 0 saturated carbocycles. The molecule has 0 N–H and O–H groups in total. The van der Waals surface area contributed by atoms with Crippen LogP contribution in [0, 0.1) is 11.3 Å². The molecule has 0 aromatic heterocycles. The predicted molar refractivity (Wildman–Crippen MR) is 37.4 cm³/mol. The van der Waals surface area contributed by atoms with E-state index in [1.54, 1.807) is 12.1 Å². The van der Waals surface area contributed by atoms with E-state index in [1.807, 2.05) is 6.07 Å². The van der Waals surface area contributed by atoms with Crippen LogP contribution in [0.4, 0.5) is 0 Å². The van der Waals surface area contributed by atoms with Gasteiger partial charge in [-0.05, 0) is 24.3 Å². The molecule has 1 aromatic rings. The highest BCUT2D eigenvalue weighted by Crippen LogP contribution is 1.89. The molecule has 10 heavy (non-hydrogen) atoms. The second kappa shape index (κ2) is 2.79. The van der Waals surface area contributed by atoms with Crippen LogP contribution in [0.1, 0.15) is 5.56 Å². The fourth-order valence-corrected chi connectivity index (χ4v) is 0.604. The molecule has 0 amide bonds. The Morgan fingerprint density at radius 1 is 1.20 bits per heavy atom. The first-order valence-corrected chi connectivity index (χ1v) is 2.83. The summed E-state index contributed by atoms with van der Waals surface area (Å²) in [5.74, 6) is 0. The van der Waals surface area contributed by atoms with Gasteiger partial charge in [0.2, 0.25) is 0 Å². The Morgan fingerprint density at radius 3 is 2.70 bits per heavy atom.